The molecule has 0 aliphatic carbocycles. The maximum absolute atomic E-state index is 12.4. The Morgan fingerprint density at radius 2 is 1.67 bits per heavy atom. The van der Waals surface area contributed by atoms with Crippen LogP contribution in [-0.4, -0.2) is 73.0 Å². The maximum Gasteiger partial charge on any atom is 0.320 e. The molecule has 0 aromatic carbocycles. The summed E-state index contributed by atoms with van der Waals surface area (Å²) in [6, 6.07) is -0.242. The van der Waals surface area contributed by atoms with Gasteiger partial charge in [-0.05, 0) is 12.3 Å². The van der Waals surface area contributed by atoms with Gasteiger partial charge in [0.05, 0.1) is 16.9 Å². The molecular formula is C13H22N2O5S. The molecule has 2 aliphatic heterocycles. The first-order chi connectivity index (χ1) is 9.68. The monoisotopic (exact) mass is 318 g/mol. The number of hydrogen-bond donors (Lipinski definition) is 1. The molecule has 2 amide bonds. The van der Waals surface area contributed by atoms with Gasteiger partial charge in [-0.2, -0.15) is 0 Å². The lowest BCUT2D eigenvalue weighted by molar-refractivity contribution is -0.150. The van der Waals surface area contributed by atoms with Crippen LogP contribution >= 0.6 is 0 Å². The minimum atomic E-state index is -3.03. The number of aliphatic carboxylic acids is 1. The molecule has 2 saturated heterocycles. The molecule has 2 rings (SSSR count). The smallest absolute Gasteiger partial charge is 0.320 e. The molecule has 2 heterocycles. The molecule has 2 fully saturated rings. The molecule has 1 N–H and O–H groups in total. The Labute approximate surface area is 124 Å². The van der Waals surface area contributed by atoms with Crippen LogP contribution in [0.15, 0.2) is 0 Å². The number of rotatable bonds is 2. The second kappa shape index (κ2) is 5.47. The van der Waals surface area contributed by atoms with Crippen molar-refractivity contribution in [2.24, 2.45) is 11.3 Å². The molecule has 0 bridgehead atoms. The Morgan fingerprint density at radius 1 is 1.10 bits per heavy atom. The summed E-state index contributed by atoms with van der Waals surface area (Å²) in [6.07, 6.45) is 0.442. The van der Waals surface area contributed by atoms with Gasteiger partial charge >= 0.3 is 12.0 Å². The van der Waals surface area contributed by atoms with E-state index in [0.717, 1.165) is 0 Å². The molecule has 0 aromatic heterocycles. The number of nitrogens with zero attached hydrogens (tertiary/aromatic N) is 2. The number of carboxylic acids is 1. The van der Waals surface area contributed by atoms with Gasteiger partial charge in [-0.25, -0.2) is 13.2 Å². The topological polar surface area (TPSA) is 95.0 Å². The van der Waals surface area contributed by atoms with E-state index in [4.69, 9.17) is 0 Å². The second-order valence-electron chi connectivity index (χ2n) is 6.21. The third-order valence-corrected chi connectivity index (χ3v) is 6.33. The Morgan fingerprint density at radius 3 is 2.10 bits per heavy atom. The fourth-order valence-corrected chi connectivity index (χ4v) is 4.19. The quantitative estimate of drug-likeness (QED) is 0.788. The second-order valence-corrected chi connectivity index (χ2v) is 8.51. The normalized spacial score (nSPS) is 28.9. The molecule has 1 unspecified atom stereocenters. The lowest BCUT2D eigenvalue weighted by atomic mass is 9.76. The molecule has 0 aromatic rings. The van der Waals surface area contributed by atoms with E-state index in [1.165, 1.54) is 4.90 Å². The number of carbonyl (C=O) groups is 2. The number of likely N-dealkylation sites (tertiary alicyclic amines) is 1. The van der Waals surface area contributed by atoms with E-state index in [0.29, 0.717) is 13.0 Å². The van der Waals surface area contributed by atoms with Crippen molar-refractivity contribution in [2.45, 2.75) is 20.3 Å². The van der Waals surface area contributed by atoms with Crippen LogP contribution in [0, 0.1) is 11.3 Å². The molecule has 1 atom stereocenters. The van der Waals surface area contributed by atoms with Crippen molar-refractivity contribution >= 4 is 21.8 Å². The third-order valence-electron chi connectivity index (χ3n) is 4.72. The molecule has 7 nitrogen and oxygen atoms in total. The molecule has 0 radical (unpaired) electrons. The first-order valence-electron chi connectivity index (χ1n) is 7.16. The highest BCUT2D eigenvalue weighted by molar-refractivity contribution is 7.91. The summed E-state index contributed by atoms with van der Waals surface area (Å²) in [5, 5.41) is 9.48. The highest BCUT2D eigenvalue weighted by Crippen LogP contribution is 2.38. The van der Waals surface area contributed by atoms with Crippen LogP contribution in [0.3, 0.4) is 0 Å². The molecule has 0 spiro atoms. The van der Waals surface area contributed by atoms with Gasteiger partial charge in [0.25, 0.3) is 0 Å². The highest BCUT2D eigenvalue weighted by Gasteiger charge is 2.49. The summed E-state index contributed by atoms with van der Waals surface area (Å²) in [5.74, 6) is -0.953. The lowest BCUT2D eigenvalue weighted by Gasteiger charge is -2.33. The Balaban J connectivity index is 2.04. The van der Waals surface area contributed by atoms with Gasteiger partial charge in [-0.15, -0.1) is 0 Å². The summed E-state index contributed by atoms with van der Waals surface area (Å²) >= 11 is 0. The number of amides is 2. The van der Waals surface area contributed by atoms with E-state index >= 15 is 0 Å². The fourth-order valence-electron chi connectivity index (χ4n) is 2.99. The van der Waals surface area contributed by atoms with E-state index in [9.17, 15) is 23.1 Å². The highest BCUT2D eigenvalue weighted by atomic mass is 32.2. The Kier molecular flexibility index (Phi) is 4.19. The molecule has 120 valence electrons. The van der Waals surface area contributed by atoms with Crippen molar-refractivity contribution in [1.82, 2.24) is 9.80 Å². The minimum Gasteiger partial charge on any atom is -0.481 e. The van der Waals surface area contributed by atoms with Gasteiger partial charge in [-0.3, -0.25) is 4.79 Å². The van der Waals surface area contributed by atoms with Crippen molar-refractivity contribution in [3.63, 3.8) is 0 Å². The van der Waals surface area contributed by atoms with Crippen LogP contribution < -0.4 is 0 Å². The third kappa shape index (κ3) is 3.00. The van der Waals surface area contributed by atoms with Crippen molar-refractivity contribution in [2.75, 3.05) is 37.7 Å². The molecule has 8 heteroatoms. The Bertz CT molecular complexity index is 531. The lowest BCUT2D eigenvalue weighted by Crippen LogP contribution is -2.50. The molecule has 2 aliphatic rings. The zero-order chi connectivity index (χ0) is 15.8. The van der Waals surface area contributed by atoms with Gasteiger partial charge in [0, 0.05) is 26.2 Å². The molecular weight excluding hydrogens is 296 g/mol. The van der Waals surface area contributed by atoms with Gasteiger partial charge in [0.1, 0.15) is 0 Å². The SMILES string of the molecule is CC(C)C1(C(=O)O)CCN(C(=O)N2CCS(=O)(=O)CC2)C1. The number of carbonyl (C=O) groups excluding carboxylic acids is 1. The summed E-state index contributed by atoms with van der Waals surface area (Å²) < 4.78 is 22.8. The van der Waals surface area contributed by atoms with Crippen LogP contribution in [0.2, 0.25) is 0 Å². The van der Waals surface area contributed by atoms with Gasteiger partial charge in [0.15, 0.2) is 9.84 Å². The summed E-state index contributed by atoms with van der Waals surface area (Å²) in [5.41, 5.74) is -0.891. The van der Waals surface area contributed by atoms with Crippen molar-refractivity contribution in [3.8, 4) is 0 Å². The standard InChI is InChI=1S/C13H22N2O5S/c1-10(2)13(11(16)17)3-4-15(9-13)12(18)14-5-7-21(19,20)8-6-14/h10H,3-9H2,1-2H3,(H,16,17). The number of hydrogen-bond acceptors (Lipinski definition) is 4. The van der Waals surface area contributed by atoms with Crippen LogP contribution in [0.5, 0.6) is 0 Å². The summed E-state index contributed by atoms with van der Waals surface area (Å²) in [4.78, 5) is 27.0. The van der Waals surface area contributed by atoms with E-state index in [1.807, 2.05) is 13.8 Å². The average Bonchev–Trinajstić information content (AvgIpc) is 2.84. The Hall–Kier alpha value is -1.31. The van der Waals surface area contributed by atoms with Gasteiger partial charge < -0.3 is 14.9 Å². The van der Waals surface area contributed by atoms with Crippen LogP contribution in [0.1, 0.15) is 20.3 Å². The number of sulfone groups is 1. The largest absolute Gasteiger partial charge is 0.481 e. The van der Waals surface area contributed by atoms with Crippen LogP contribution in [0.4, 0.5) is 4.79 Å². The predicted octanol–water partition coefficient (Wildman–Crippen LogP) is 0.270. The van der Waals surface area contributed by atoms with Crippen LogP contribution in [-0.2, 0) is 14.6 Å². The number of carboxylic acid groups (broad SMARTS) is 1. The summed E-state index contributed by atoms with van der Waals surface area (Å²) in [7, 11) is -3.03. The summed E-state index contributed by atoms with van der Waals surface area (Å²) in [6.45, 7) is 4.71. The van der Waals surface area contributed by atoms with Crippen molar-refractivity contribution < 1.29 is 23.1 Å². The van der Waals surface area contributed by atoms with Gasteiger partial charge in [-0.1, -0.05) is 13.8 Å². The zero-order valence-electron chi connectivity index (χ0n) is 12.4. The maximum atomic E-state index is 12.4. The van der Waals surface area contributed by atoms with E-state index < -0.39 is 21.2 Å². The first kappa shape index (κ1) is 16.1. The van der Waals surface area contributed by atoms with Crippen molar-refractivity contribution in [3.05, 3.63) is 0 Å². The van der Waals surface area contributed by atoms with E-state index in [2.05, 4.69) is 0 Å². The van der Waals surface area contributed by atoms with Crippen molar-refractivity contribution in [1.29, 1.82) is 0 Å². The van der Waals surface area contributed by atoms with E-state index in [1.54, 1.807) is 4.90 Å². The zero-order valence-corrected chi connectivity index (χ0v) is 13.2. The average molecular weight is 318 g/mol. The fraction of sp³-hybridized carbons (Fsp3) is 0.846. The predicted molar refractivity (Wildman–Crippen MR) is 76.7 cm³/mol. The number of urea groups is 1. The first-order valence-corrected chi connectivity index (χ1v) is 8.98. The van der Waals surface area contributed by atoms with Crippen LogP contribution in [0.25, 0.3) is 0 Å². The molecule has 0 saturated carbocycles. The van der Waals surface area contributed by atoms with Gasteiger partial charge in [0.2, 0.25) is 0 Å². The minimum absolute atomic E-state index is 0.0131. The van der Waals surface area contributed by atoms with E-state index in [-0.39, 0.29) is 43.1 Å². The molecule has 21 heavy (non-hydrogen) atoms.